The molecule has 1 heterocycles. The van der Waals surface area contributed by atoms with Crippen LogP contribution in [0.2, 0.25) is 0 Å². The Bertz CT molecular complexity index is 503. The maximum absolute atomic E-state index is 13.3. The van der Waals surface area contributed by atoms with Crippen molar-refractivity contribution in [3.63, 3.8) is 0 Å². The van der Waals surface area contributed by atoms with Crippen molar-refractivity contribution in [1.82, 2.24) is 4.90 Å². The Morgan fingerprint density at radius 2 is 2.05 bits per heavy atom. The monoisotopic (exact) mass is 262 g/mol. The second-order valence-electron chi connectivity index (χ2n) is 5.63. The van der Waals surface area contributed by atoms with E-state index in [0.717, 1.165) is 19.4 Å². The maximum Gasteiger partial charge on any atom is 0.256 e. The third kappa shape index (κ3) is 2.20. The third-order valence-electron chi connectivity index (χ3n) is 4.52. The topological polar surface area (TPSA) is 46.3 Å². The Morgan fingerprint density at radius 1 is 1.26 bits per heavy atom. The molecule has 0 aromatic heterocycles. The molecular weight excluding hydrogens is 243 g/mol. The van der Waals surface area contributed by atoms with Gasteiger partial charge in [-0.2, -0.15) is 0 Å². The molecule has 19 heavy (non-hydrogen) atoms. The van der Waals surface area contributed by atoms with E-state index in [1.165, 1.54) is 37.5 Å². The zero-order valence-electron chi connectivity index (χ0n) is 10.9. The Morgan fingerprint density at radius 3 is 2.89 bits per heavy atom. The van der Waals surface area contributed by atoms with Gasteiger partial charge < -0.3 is 10.6 Å². The van der Waals surface area contributed by atoms with E-state index in [9.17, 15) is 9.18 Å². The molecule has 2 N–H and O–H groups in total. The van der Waals surface area contributed by atoms with Gasteiger partial charge in [-0.25, -0.2) is 4.39 Å². The van der Waals surface area contributed by atoms with Crippen LogP contribution in [0.5, 0.6) is 0 Å². The molecule has 0 bridgehead atoms. The first-order chi connectivity index (χ1) is 9.16. The molecule has 1 aromatic rings. The molecule has 1 amide bonds. The predicted octanol–water partition coefficient (Wildman–Crippen LogP) is 2.81. The standard InChI is InChI=1S/C15H19FN2O/c16-11-5-6-13(17)12(9-11)15(19)18-8-7-10-3-1-2-4-14(10)18/h5-6,9-10,14H,1-4,7-8,17H2. The van der Waals surface area contributed by atoms with Crippen LogP contribution >= 0.6 is 0 Å². The lowest BCUT2D eigenvalue weighted by molar-refractivity contribution is 0.0690. The number of benzene rings is 1. The average Bonchev–Trinajstić information content (AvgIpc) is 2.84. The SMILES string of the molecule is Nc1ccc(F)cc1C(=O)N1CCC2CCCCC21. The van der Waals surface area contributed by atoms with Crippen molar-refractivity contribution in [2.45, 2.75) is 38.1 Å². The van der Waals surface area contributed by atoms with Crippen LogP contribution in [0.25, 0.3) is 0 Å². The average molecular weight is 262 g/mol. The number of carbonyl (C=O) groups is 1. The van der Waals surface area contributed by atoms with Crippen molar-refractivity contribution in [2.24, 2.45) is 5.92 Å². The van der Waals surface area contributed by atoms with Crippen LogP contribution in [-0.2, 0) is 0 Å². The molecular formula is C15H19FN2O. The quantitative estimate of drug-likeness (QED) is 0.791. The van der Waals surface area contributed by atoms with Crippen molar-refractivity contribution in [1.29, 1.82) is 0 Å². The fourth-order valence-corrected chi connectivity index (χ4v) is 3.53. The minimum atomic E-state index is -0.406. The Labute approximate surface area is 112 Å². The summed E-state index contributed by atoms with van der Waals surface area (Å²) in [4.78, 5) is 14.5. The van der Waals surface area contributed by atoms with Crippen molar-refractivity contribution in [3.8, 4) is 0 Å². The van der Waals surface area contributed by atoms with Gasteiger partial charge in [0.2, 0.25) is 0 Å². The maximum atomic E-state index is 13.3. The number of hydrogen-bond acceptors (Lipinski definition) is 2. The molecule has 0 radical (unpaired) electrons. The summed E-state index contributed by atoms with van der Waals surface area (Å²) in [5, 5.41) is 0. The fraction of sp³-hybridized carbons (Fsp3) is 0.533. The highest BCUT2D eigenvalue weighted by atomic mass is 19.1. The highest BCUT2D eigenvalue weighted by molar-refractivity contribution is 5.99. The van der Waals surface area contributed by atoms with E-state index in [1.807, 2.05) is 4.90 Å². The molecule has 2 fully saturated rings. The lowest BCUT2D eigenvalue weighted by Gasteiger charge is -2.32. The van der Waals surface area contributed by atoms with Gasteiger partial charge in [-0.05, 0) is 43.4 Å². The molecule has 1 aliphatic carbocycles. The van der Waals surface area contributed by atoms with Gasteiger partial charge in [0.25, 0.3) is 5.91 Å². The van der Waals surface area contributed by atoms with E-state index in [4.69, 9.17) is 5.73 Å². The predicted molar refractivity (Wildman–Crippen MR) is 72.2 cm³/mol. The zero-order chi connectivity index (χ0) is 13.4. The second kappa shape index (κ2) is 4.83. The van der Waals surface area contributed by atoms with E-state index >= 15 is 0 Å². The van der Waals surface area contributed by atoms with Gasteiger partial charge in [0, 0.05) is 18.3 Å². The van der Waals surface area contributed by atoms with Crippen molar-refractivity contribution in [3.05, 3.63) is 29.6 Å². The van der Waals surface area contributed by atoms with E-state index in [1.54, 1.807) is 0 Å². The molecule has 1 aliphatic heterocycles. The van der Waals surface area contributed by atoms with E-state index < -0.39 is 5.82 Å². The summed E-state index contributed by atoms with van der Waals surface area (Å²) < 4.78 is 13.3. The number of nitrogens with zero attached hydrogens (tertiary/aromatic N) is 1. The first kappa shape index (κ1) is 12.5. The first-order valence-electron chi connectivity index (χ1n) is 7.03. The van der Waals surface area contributed by atoms with Gasteiger partial charge in [0.05, 0.1) is 5.56 Å². The van der Waals surface area contributed by atoms with E-state index in [-0.39, 0.29) is 5.91 Å². The summed E-state index contributed by atoms with van der Waals surface area (Å²) in [6.45, 7) is 0.782. The van der Waals surface area contributed by atoms with Gasteiger partial charge in [0.1, 0.15) is 5.82 Å². The number of rotatable bonds is 1. The minimum absolute atomic E-state index is 0.105. The van der Waals surface area contributed by atoms with Crippen LogP contribution in [0.1, 0.15) is 42.5 Å². The Kier molecular flexibility index (Phi) is 3.17. The second-order valence-corrected chi connectivity index (χ2v) is 5.63. The highest BCUT2D eigenvalue weighted by Crippen LogP contribution is 2.37. The van der Waals surface area contributed by atoms with Crippen LogP contribution in [0.3, 0.4) is 0 Å². The van der Waals surface area contributed by atoms with Crippen LogP contribution < -0.4 is 5.73 Å². The molecule has 3 rings (SSSR count). The van der Waals surface area contributed by atoms with Crippen molar-refractivity contribution < 1.29 is 9.18 Å². The number of halogens is 1. The van der Waals surface area contributed by atoms with Crippen LogP contribution in [0, 0.1) is 11.7 Å². The third-order valence-corrected chi connectivity index (χ3v) is 4.52. The summed E-state index contributed by atoms with van der Waals surface area (Å²) in [7, 11) is 0. The minimum Gasteiger partial charge on any atom is -0.398 e. The van der Waals surface area contributed by atoms with Crippen LogP contribution in [0.4, 0.5) is 10.1 Å². The zero-order valence-corrected chi connectivity index (χ0v) is 10.9. The Hall–Kier alpha value is -1.58. The lowest BCUT2D eigenvalue weighted by atomic mass is 9.85. The molecule has 2 atom stereocenters. The molecule has 102 valence electrons. The number of amides is 1. The fourth-order valence-electron chi connectivity index (χ4n) is 3.53. The van der Waals surface area contributed by atoms with Crippen molar-refractivity contribution >= 4 is 11.6 Å². The smallest absolute Gasteiger partial charge is 0.256 e. The molecule has 0 spiro atoms. The summed E-state index contributed by atoms with van der Waals surface area (Å²) >= 11 is 0. The first-order valence-corrected chi connectivity index (χ1v) is 7.03. The molecule has 1 saturated heterocycles. The summed E-state index contributed by atoms with van der Waals surface area (Å²) in [5.41, 5.74) is 6.49. The number of fused-ring (bicyclic) bond motifs is 1. The molecule has 1 saturated carbocycles. The summed E-state index contributed by atoms with van der Waals surface area (Å²) in [5.74, 6) is 0.121. The van der Waals surface area contributed by atoms with Crippen LogP contribution in [-0.4, -0.2) is 23.4 Å². The molecule has 4 heteroatoms. The lowest BCUT2D eigenvalue weighted by Crippen LogP contribution is -2.39. The number of anilines is 1. The number of nitrogen functional groups attached to an aromatic ring is 1. The number of nitrogens with two attached hydrogens (primary N) is 1. The molecule has 2 aliphatic rings. The van der Waals surface area contributed by atoms with E-state index in [2.05, 4.69) is 0 Å². The van der Waals surface area contributed by atoms with Crippen LogP contribution in [0.15, 0.2) is 18.2 Å². The number of likely N-dealkylation sites (tertiary alicyclic amines) is 1. The van der Waals surface area contributed by atoms with E-state index in [0.29, 0.717) is 23.2 Å². The summed E-state index contributed by atoms with van der Waals surface area (Å²) in [6, 6.07) is 4.36. The number of hydrogen-bond donors (Lipinski definition) is 1. The molecule has 1 aromatic carbocycles. The largest absolute Gasteiger partial charge is 0.398 e. The number of carbonyl (C=O) groups excluding carboxylic acids is 1. The normalized spacial score (nSPS) is 26.3. The Balaban J connectivity index is 1.85. The van der Waals surface area contributed by atoms with Gasteiger partial charge in [-0.3, -0.25) is 4.79 Å². The molecule has 2 unspecified atom stereocenters. The van der Waals surface area contributed by atoms with Gasteiger partial charge in [0.15, 0.2) is 0 Å². The molecule has 3 nitrogen and oxygen atoms in total. The van der Waals surface area contributed by atoms with Gasteiger partial charge >= 0.3 is 0 Å². The van der Waals surface area contributed by atoms with Crippen molar-refractivity contribution in [2.75, 3.05) is 12.3 Å². The van der Waals surface area contributed by atoms with Gasteiger partial charge in [-0.1, -0.05) is 12.8 Å². The van der Waals surface area contributed by atoms with Gasteiger partial charge in [-0.15, -0.1) is 0 Å². The highest BCUT2D eigenvalue weighted by Gasteiger charge is 2.38. The summed E-state index contributed by atoms with van der Waals surface area (Å²) in [6.07, 6.45) is 5.82.